The number of carboxylic acids is 1. The van der Waals surface area contributed by atoms with Crippen LogP contribution in [0.4, 0.5) is 0 Å². The first-order valence-corrected chi connectivity index (χ1v) is 8.37. The summed E-state index contributed by atoms with van der Waals surface area (Å²) in [7, 11) is -0.868. The monoisotopic (exact) mass is 289 g/mol. The Kier molecular flexibility index (Phi) is 5.97. The van der Waals surface area contributed by atoms with Gasteiger partial charge < -0.3 is 10.4 Å². The number of hydrogen-bond donors (Lipinski definition) is 2. The van der Waals surface area contributed by atoms with Crippen LogP contribution in [0.1, 0.15) is 33.1 Å². The standard InChI is InChI=1S/C13H23NO4S/c1-8-6-10(11(7-8)13(16)17)12(15)14-9(2)4-5-19(3)18/h8-11H,4-7H2,1-3H3,(H,14,15)(H,16,17)/t8?,9?,10-,11+,19?/m0/s1. The van der Waals surface area contributed by atoms with Crippen molar-refractivity contribution in [3.8, 4) is 0 Å². The van der Waals surface area contributed by atoms with Crippen molar-refractivity contribution >= 4 is 22.7 Å². The van der Waals surface area contributed by atoms with Crippen molar-refractivity contribution in [3.05, 3.63) is 0 Å². The predicted molar refractivity (Wildman–Crippen MR) is 74.2 cm³/mol. The minimum absolute atomic E-state index is 0.0678. The van der Waals surface area contributed by atoms with Gasteiger partial charge >= 0.3 is 5.97 Å². The number of carbonyl (C=O) groups is 2. The lowest BCUT2D eigenvalue weighted by Crippen LogP contribution is -2.40. The number of carbonyl (C=O) groups excluding carboxylic acids is 1. The van der Waals surface area contributed by atoms with E-state index in [9.17, 15) is 13.8 Å². The summed E-state index contributed by atoms with van der Waals surface area (Å²) in [5.41, 5.74) is 0. The summed E-state index contributed by atoms with van der Waals surface area (Å²) in [5, 5.41) is 12.0. The van der Waals surface area contributed by atoms with Gasteiger partial charge in [-0.05, 0) is 32.1 Å². The molecule has 1 amide bonds. The van der Waals surface area contributed by atoms with Crippen LogP contribution in [-0.4, -0.2) is 39.2 Å². The summed E-state index contributed by atoms with van der Waals surface area (Å²) >= 11 is 0. The molecule has 1 fully saturated rings. The first-order chi connectivity index (χ1) is 8.81. The zero-order chi connectivity index (χ0) is 14.6. The Morgan fingerprint density at radius 3 is 2.47 bits per heavy atom. The Hall–Kier alpha value is -0.910. The van der Waals surface area contributed by atoms with Crippen molar-refractivity contribution in [1.29, 1.82) is 0 Å². The number of amides is 1. The zero-order valence-electron chi connectivity index (χ0n) is 11.7. The minimum atomic E-state index is -0.883. The molecule has 0 bridgehead atoms. The second-order valence-electron chi connectivity index (χ2n) is 5.60. The molecule has 0 aromatic rings. The minimum Gasteiger partial charge on any atom is -0.481 e. The molecule has 0 saturated heterocycles. The molecule has 1 aliphatic carbocycles. The van der Waals surface area contributed by atoms with Crippen LogP contribution < -0.4 is 5.32 Å². The molecular formula is C13H23NO4S. The molecule has 110 valence electrons. The molecule has 3 unspecified atom stereocenters. The van der Waals surface area contributed by atoms with Crippen molar-refractivity contribution in [2.45, 2.75) is 39.2 Å². The van der Waals surface area contributed by atoms with Crippen molar-refractivity contribution in [1.82, 2.24) is 5.32 Å². The van der Waals surface area contributed by atoms with E-state index in [1.165, 1.54) is 0 Å². The lowest BCUT2D eigenvalue weighted by atomic mass is 9.95. The van der Waals surface area contributed by atoms with E-state index in [0.717, 1.165) is 0 Å². The van der Waals surface area contributed by atoms with Crippen LogP contribution in [0.2, 0.25) is 0 Å². The molecule has 1 aliphatic rings. The zero-order valence-corrected chi connectivity index (χ0v) is 12.5. The van der Waals surface area contributed by atoms with Gasteiger partial charge in [-0.15, -0.1) is 0 Å². The Morgan fingerprint density at radius 2 is 1.95 bits per heavy atom. The van der Waals surface area contributed by atoms with E-state index in [1.54, 1.807) is 6.26 Å². The second-order valence-corrected chi connectivity index (χ2v) is 7.16. The van der Waals surface area contributed by atoms with Crippen LogP contribution in [0.5, 0.6) is 0 Å². The van der Waals surface area contributed by atoms with Crippen molar-refractivity contribution in [2.24, 2.45) is 17.8 Å². The highest BCUT2D eigenvalue weighted by Crippen LogP contribution is 2.36. The summed E-state index contributed by atoms with van der Waals surface area (Å²) in [5.74, 6) is -1.23. The van der Waals surface area contributed by atoms with Gasteiger partial charge in [-0.3, -0.25) is 13.8 Å². The number of rotatable bonds is 6. The highest BCUT2D eigenvalue weighted by atomic mass is 32.2. The van der Waals surface area contributed by atoms with Gasteiger partial charge in [-0.25, -0.2) is 0 Å². The topological polar surface area (TPSA) is 83.5 Å². The lowest BCUT2D eigenvalue weighted by Gasteiger charge is -2.19. The maximum absolute atomic E-state index is 12.1. The summed E-state index contributed by atoms with van der Waals surface area (Å²) in [6.45, 7) is 3.84. The van der Waals surface area contributed by atoms with Crippen LogP contribution in [0.3, 0.4) is 0 Å². The first kappa shape index (κ1) is 16.1. The molecular weight excluding hydrogens is 266 g/mol. The Bertz CT molecular complexity index is 372. The van der Waals surface area contributed by atoms with Crippen molar-refractivity contribution in [3.63, 3.8) is 0 Å². The van der Waals surface area contributed by atoms with E-state index >= 15 is 0 Å². The Labute approximate surface area is 116 Å². The van der Waals surface area contributed by atoms with E-state index in [0.29, 0.717) is 25.0 Å². The van der Waals surface area contributed by atoms with E-state index in [-0.39, 0.29) is 17.9 Å². The predicted octanol–water partition coefficient (Wildman–Crippen LogP) is 1.01. The molecule has 19 heavy (non-hydrogen) atoms. The summed E-state index contributed by atoms with van der Waals surface area (Å²) < 4.78 is 11.0. The third-order valence-corrected chi connectivity index (χ3v) is 4.49. The van der Waals surface area contributed by atoms with Crippen LogP contribution >= 0.6 is 0 Å². The smallest absolute Gasteiger partial charge is 0.307 e. The third kappa shape index (κ3) is 4.93. The molecule has 2 N–H and O–H groups in total. The fourth-order valence-electron chi connectivity index (χ4n) is 2.62. The maximum Gasteiger partial charge on any atom is 0.307 e. The maximum atomic E-state index is 12.1. The van der Waals surface area contributed by atoms with Gasteiger partial charge in [0.1, 0.15) is 0 Å². The molecule has 1 saturated carbocycles. The molecule has 6 heteroatoms. The van der Waals surface area contributed by atoms with Crippen LogP contribution in [0.15, 0.2) is 0 Å². The average molecular weight is 289 g/mol. The summed E-state index contributed by atoms with van der Waals surface area (Å²) in [6.07, 6.45) is 3.48. The molecule has 0 radical (unpaired) electrons. The molecule has 0 spiro atoms. The fourth-order valence-corrected chi connectivity index (χ4v) is 3.30. The first-order valence-electron chi connectivity index (χ1n) is 6.64. The number of carboxylic acid groups (broad SMARTS) is 1. The van der Waals surface area contributed by atoms with Gasteiger partial charge in [0.15, 0.2) is 0 Å². The van der Waals surface area contributed by atoms with E-state index in [4.69, 9.17) is 5.11 Å². The molecule has 1 rings (SSSR count). The Morgan fingerprint density at radius 1 is 1.37 bits per heavy atom. The quantitative estimate of drug-likeness (QED) is 0.764. The van der Waals surface area contributed by atoms with Gasteiger partial charge in [-0.1, -0.05) is 6.92 Å². The molecule has 5 nitrogen and oxygen atoms in total. The van der Waals surface area contributed by atoms with Crippen LogP contribution in [0, 0.1) is 17.8 Å². The average Bonchev–Trinajstić information content (AvgIpc) is 2.69. The SMILES string of the molecule is CC1C[C@H](C(=O)NC(C)CCS(C)=O)[C@H](C(=O)O)C1. The van der Waals surface area contributed by atoms with Gasteiger partial charge in [0.2, 0.25) is 5.91 Å². The van der Waals surface area contributed by atoms with Crippen LogP contribution in [0.25, 0.3) is 0 Å². The number of aliphatic carboxylic acids is 1. The molecule has 0 heterocycles. The number of hydrogen-bond acceptors (Lipinski definition) is 3. The third-order valence-electron chi connectivity index (χ3n) is 3.68. The van der Waals surface area contributed by atoms with Crippen molar-refractivity contribution in [2.75, 3.05) is 12.0 Å². The molecule has 0 aliphatic heterocycles. The Balaban J connectivity index is 2.52. The highest BCUT2D eigenvalue weighted by Gasteiger charge is 2.41. The normalized spacial score (nSPS) is 29.7. The van der Waals surface area contributed by atoms with E-state index in [2.05, 4.69) is 5.32 Å². The van der Waals surface area contributed by atoms with Crippen LogP contribution in [-0.2, 0) is 20.4 Å². The van der Waals surface area contributed by atoms with Gasteiger partial charge in [0.25, 0.3) is 0 Å². The van der Waals surface area contributed by atoms with E-state index < -0.39 is 28.6 Å². The summed E-state index contributed by atoms with van der Waals surface area (Å²) in [6, 6.07) is -0.0678. The summed E-state index contributed by atoms with van der Waals surface area (Å²) in [4.78, 5) is 23.3. The van der Waals surface area contributed by atoms with Crippen molar-refractivity contribution < 1.29 is 18.9 Å². The lowest BCUT2D eigenvalue weighted by molar-refractivity contribution is -0.146. The molecule has 0 aromatic carbocycles. The second kappa shape index (κ2) is 7.03. The molecule has 0 aromatic heterocycles. The largest absolute Gasteiger partial charge is 0.481 e. The molecule has 5 atom stereocenters. The van der Waals surface area contributed by atoms with Gasteiger partial charge in [0.05, 0.1) is 11.8 Å². The van der Waals surface area contributed by atoms with E-state index in [1.807, 2.05) is 13.8 Å². The van der Waals surface area contributed by atoms with Gasteiger partial charge in [-0.2, -0.15) is 0 Å². The fraction of sp³-hybridized carbons (Fsp3) is 0.846. The highest BCUT2D eigenvalue weighted by molar-refractivity contribution is 7.84. The number of nitrogens with one attached hydrogen (secondary N) is 1. The van der Waals surface area contributed by atoms with Gasteiger partial charge in [0, 0.05) is 28.9 Å².